The Morgan fingerprint density at radius 1 is 1.15 bits per heavy atom. The molecule has 0 unspecified atom stereocenters. The number of halogens is 3. The molecule has 2 spiro atoms. The largest absolute Gasteiger partial charge is 0.260 e. The molecule has 13 heavy (non-hydrogen) atoms. The number of fused-ring (bicyclic) bond motifs is 1. The lowest BCUT2D eigenvalue weighted by atomic mass is 9.63. The minimum Gasteiger partial charge on any atom is -0.206 e. The standard InChI is InChI=1S/C10H13BrF2/c11-6-7-4-9(5-7)8(2-1-3-8)10(9,12)13/h7H,1-6H2. The van der Waals surface area contributed by atoms with Crippen LogP contribution in [0.4, 0.5) is 8.78 Å². The van der Waals surface area contributed by atoms with Crippen molar-refractivity contribution in [1.82, 2.24) is 0 Å². The fourth-order valence-electron chi connectivity index (χ4n) is 3.75. The maximum absolute atomic E-state index is 13.6. The third kappa shape index (κ3) is 0.642. The molecule has 0 N–H and O–H groups in total. The van der Waals surface area contributed by atoms with Crippen molar-refractivity contribution >= 4 is 15.9 Å². The molecular weight excluding hydrogens is 238 g/mol. The average molecular weight is 251 g/mol. The molecule has 0 atom stereocenters. The van der Waals surface area contributed by atoms with Crippen LogP contribution < -0.4 is 0 Å². The van der Waals surface area contributed by atoms with E-state index in [-0.39, 0.29) is 0 Å². The van der Waals surface area contributed by atoms with E-state index in [4.69, 9.17) is 0 Å². The van der Waals surface area contributed by atoms with E-state index in [1.807, 2.05) is 0 Å². The van der Waals surface area contributed by atoms with Gasteiger partial charge in [0.2, 0.25) is 0 Å². The Hall–Kier alpha value is 0.340. The highest BCUT2D eigenvalue weighted by Crippen LogP contribution is 2.89. The van der Waals surface area contributed by atoms with E-state index in [1.165, 1.54) is 0 Å². The van der Waals surface area contributed by atoms with Crippen molar-refractivity contribution < 1.29 is 8.78 Å². The van der Waals surface area contributed by atoms with Gasteiger partial charge in [0.25, 0.3) is 5.92 Å². The second-order valence-corrected chi connectivity index (χ2v) is 5.67. The van der Waals surface area contributed by atoms with Gasteiger partial charge in [-0.25, -0.2) is 8.78 Å². The van der Waals surface area contributed by atoms with Crippen LogP contribution in [0.25, 0.3) is 0 Å². The molecular formula is C10H13BrF2. The molecule has 3 heteroatoms. The number of hydrogen-bond acceptors (Lipinski definition) is 0. The van der Waals surface area contributed by atoms with Crippen molar-refractivity contribution in [2.75, 3.05) is 5.33 Å². The summed E-state index contributed by atoms with van der Waals surface area (Å²) >= 11 is 3.38. The van der Waals surface area contributed by atoms with E-state index < -0.39 is 16.8 Å². The summed E-state index contributed by atoms with van der Waals surface area (Å²) in [5, 5.41) is 0.904. The second-order valence-electron chi connectivity index (χ2n) is 5.02. The van der Waals surface area contributed by atoms with Gasteiger partial charge in [0.15, 0.2) is 0 Å². The van der Waals surface area contributed by atoms with E-state index >= 15 is 0 Å². The summed E-state index contributed by atoms with van der Waals surface area (Å²) in [5.41, 5.74) is -1.05. The zero-order valence-electron chi connectivity index (χ0n) is 7.45. The lowest BCUT2D eigenvalue weighted by molar-refractivity contribution is 0.00223. The summed E-state index contributed by atoms with van der Waals surface area (Å²) in [4.78, 5) is 0. The Morgan fingerprint density at radius 2 is 1.77 bits per heavy atom. The van der Waals surface area contributed by atoms with Gasteiger partial charge in [-0.1, -0.05) is 22.4 Å². The van der Waals surface area contributed by atoms with Crippen LogP contribution in [0.2, 0.25) is 0 Å². The zero-order chi connectivity index (χ0) is 9.32. The first-order chi connectivity index (χ1) is 6.10. The third-order valence-electron chi connectivity index (χ3n) is 4.76. The second kappa shape index (κ2) is 2.12. The van der Waals surface area contributed by atoms with Gasteiger partial charge in [0, 0.05) is 16.2 Å². The predicted molar refractivity (Wildman–Crippen MR) is 50.2 cm³/mol. The Labute approximate surface area is 85.2 Å². The quantitative estimate of drug-likeness (QED) is 0.624. The van der Waals surface area contributed by atoms with Crippen LogP contribution in [-0.4, -0.2) is 11.3 Å². The molecule has 0 aromatic rings. The highest BCUT2D eigenvalue weighted by molar-refractivity contribution is 9.09. The SMILES string of the molecule is FC1(F)C2(CCC2)C12CC(CBr)C2. The van der Waals surface area contributed by atoms with Crippen LogP contribution in [0.1, 0.15) is 32.1 Å². The van der Waals surface area contributed by atoms with Gasteiger partial charge in [-0.2, -0.15) is 0 Å². The number of alkyl halides is 3. The molecule has 3 aliphatic rings. The predicted octanol–water partition coefficient (Wildman–Crippen LogP) is 3.60. The molecule has 0 aliphatic heterocycles. The van der Waals surface area contributed by atoms with Crippen molar-refractivity contribution in [2.45, 2.75) is 38.0 Å². The summed E-state index contributed by atoms with van der Waals surface area (Å²) in [5.74, 6) is -1.79. The summed E-state index contributed by atoms with van der Waals surface area (Å²) < 4.78 is 27.3. The van der Waals surface area contributed by atoms with Gasteiger partial charge >= 0.3 is 0 Å². The molecule has 3 saturated carbocycles. The van der Waals surface area contributed by atoms with Crippen LogP contribution in [0.3, 0.4) is 0 Å². The Bertz CT molecular complexity index is 252. The lowest BCUT2D eigenvalue weighted by Crippen LogP contribution is -2.34. The molecule has 0 amide bonds. The van der Waals surface area contributed by atoms with E-state index in [1.54, 1.807) is 0 Å². The van der Waals surface area contributed by atoms with E-state index in [0.717, 1.165) is 37.4 Å². The van der Waals surface area contributed by atoms with Crippen LogP contribution in [0.5, 0.6) is 0 Å². The minimum atomic E-state index is -2.31. The van der Waals surface area contributed by atoms with Gasteiger partial charge in [0.1, 0.15) is 0 Å². The maximum atomic E-state index is 13.6. The van der Waals surface area contributed by atoms with Crippen molar-refractivity contribution in [3.05, 3.63) is 0 Å². The summed E-state index contributed by atoms with van der Waals surface area (Å²) in [7, 11) is 0. The Kier molecular flexibility index (Phi) is 1.41. The number of hydrogen-bond donors (Lipinski definition) is 0. The van der Waals surface area contributed by atoms with E-state index in [2.05, 4.69) is 15.9 Å². The van der Waals surface area contributed by atoms with Crippen LogP contribution in [-0.2, 0) is 0 Å². The normalized spacial score (nSPS) is 48.7. The highest BCUT2D eigenvalue weighted by Gasteiger charge is 2.93. The van der Waals surface area contributed by atoms with Crippen molar-refractivity contribution in [1.29, 1.82) is 0 Å². The fourth-order valence-corrected chi connectivity index (χ4v) is 4.20. The molecule has 0 saturated heterocycles. The van der Waals surface area contributed by atoms with Gasteiger partial charge in [-0.3, -0.25) is 0 Å². The van der Waals surface area contributed by atoms with Crippen LogP contribution in [0.15, 0.2) is 0 Å². The summed E-state index contributed by atoms with van der Waals surface area (Å²) in [6, 6.07) is 0. The topological polar surface area (TPSA) is 0 Å². The first-order valence-electron chi connectivity index (χ1n) is 5.03. The van der Waals surface area contributed by atoms with Gasteiger partial charge in [-0.05, 0) is 31.6 Å². The van der Waals surface area contributed by atoms with Crippen molar-refractivity contribution in [3.63, 3.8) is 0 Å². The molecule has 0 aromatic carbocycles. The monoisotopic (exact) mass is 250 g/mol. The molecule has 3 rings (SSSR count). The Morgan fingerprint density at radius 3 is 2.08 bits per heavy atom. The smallest absolute Gasteiger partial charge is 0.206 e. The molecule has 3 aliphatic carbocycles. The molecule has 0 aromatic heterocycles. The molecule has 0 nitrogen and oxygen atoms in total. The minimum absolute atomic E-state index is 0.515. The fraction of sp³-hybridized carbons (Fsp3) is 1.00. The van der Waals surface area contributed by atoms with E-state index in [0.29, 0.717) is 5.92 Å². The molecule has 3 fully saturated rings. The summed E-state index contributed by atoms with van der Waals surface area (Å²) in [6.07, 6.45) is 4.14. The first-order valence-corrected chi connectivity index (χ1v) is 6.16. The van der Waals surface area contributed by atoms with Crippen LogP contribution >= 0.6 is 15.9 Å². The zero-order valence-corrected chi connectivity index (χ0v) is 9.04. The molecule has 0 bridgehead atoms. The summed E-state index contributed by atoms with van der Waals surface area (Å²) in [6.45, 7) is 0. The molecule has 74 valence electrons. The van der Waals surface area contributed by atoms with Crippen LogP contribution in [0, 0.1) is 16.7 Å². The average Bonchev–Trinajstić information content (AvgIpc) is 2.36. The molecule has 0 heterocycles. The third-order valence-corrected chi connectivity index (χ3v) is 5.67. The highest BCUT2D eigenvalue weighted by atomic mass is 79.9. The van der Waals surface area contributed by atoms with Crippen molar-refractivity contribution in [3.8, 4) is 0 Å². The first kappa shape index (κ1) is 8.63. The van der Waals surface area contributed by atoms with Gasteiger partial charge in [-0.15, -0.1) is 0 Å². The van der Waals surface area contributed by atoms with Gasteiger partial charge in [0.05, 0.1) is 0 Å². The lowest BCUT2D eigenvalue weighted by Gasteiger charge is -2.40. The Balaban J connectivity index is 1.81. The van der Waals surface area contributed by atoms with E-state index in [9.17, 15) is 8.78 Å². The maximum Gasteiger partial charge on any atom is 0.260 e. The molecule has 0 radical (unpaired) electrons. The number of rotatable bonds is 1. The van der Waals surface area contributed by atoms with Gasteiger partial charge < -0.3 is 0 Å². The van der Waals surface area contributed by atoms with Crippen molar-refractivity contribution in [2.24, 2.45) is 16.7 Å².